The highest BCUT2D eigenvalue weighted by molar-refractivity contribution is 9.10. The molecule has 0 saturated carbocycles. The van der Waals surface area contributed by atoms with E-state index < -0.39 is 5.97 Å². The third-order valence-electron chi connectivity index (χ3n) is 2.04. The number of aromatic nitrogens is 2. The van der Waals surface area contributed by atoms with Crippen molar-refractivity contribution in [3.63, 3.8) is 0 Å². The molecule has 1 aromatic heterocycles. The molecule has 0 amide bonds. The second-order valence-electron chi connectivity index (χ2n) is 3.30. The number of halogens is 1. The van der Waals surface area contributed by atoms with E-state index in [-0.39, 0.29) is 22.8 Å². The van der Waals surface area contributed by atoms with Gasteiger partial charge in [0.1, 0.15) is 11.3 Å². The average Bonchev–Trinajstić information content (AvgIpc) is 2.28. The van der Waals surface area contributed by atoms with Crippen molar-refractivity contribution in [1.29, 1.82) is 0 Å². The molecule has 6 nitrogen and oxygen atoms in total. The molecule has 92 valence electrons. The number of aromatic amines is 1. The number of nitrogens with one attached hydrogen (secondary N) is 1. The van der Waals surface area contributed by atoms with E-state index in [9.17, 15) is 9.59 Å². The molecule has 0 aliphatic rings. The lowest BCUT2D eigenvalue weighted by atomic mass is 10.2. The van der Waals surface area contributed by atoms with Crippen LogP contribution in [0.15, 0.2) is 39.9 Å². The number of H-pyrrole nitrogens is 1. The minimum absolute atomic E-state index is 0.0136. The SMILES string of the molecule is O=C(O)c1ccc(Br)cc1Oc1cc(=O)[nH]cn1. The molecule has 0 fully saturated rings. The lowest BCUT2D eigenvalue weighted by Gasteiger charge is -2.07. The number of benzene rings is 1. The van der Waals surface area contributed by atoms with E-state index >= 15 is 0 Å². The third kappa shape index (κ3) is 2.75. The quantitative estimate of drug-likeness (QED) is 0.904. The molecule has 2 aromatic rings. The molecule has 0 aliphatic carbocycles. The number of rotatable bonds is 3. The summed E-state index contributed by atoms with van der Waals surface area (Å²) < 4.78 is 5.95. The predicted molar refractivity (Wildman–Crippen MR) is 66.0 cm³/mol. The van der Waals surface area contributed by atoms with Crippen molar-refractivity contribution in [2.75, 3.05) is 0 Å². The van der Waals surface area contributed by atoms with Crippen molar-refractivity contribution in [2.24, 2.45) is 0 Å². The maximum atomic E-state index is 11.1. The van der Waals surface area contributed by atoms with Gasteiger partial charge in [-0.25, -0.2) is 9.78 Å². The van der Waals surface area contributed by atoms with Crippen LogP contribution in [0.3, 0.4) is 0 Å². The molecule has 1 aromatic carbocycles. The molecule has 0 aliphatic heterocycles. The number of aromatic carboxylic acids is 1. The van der Waals surface area contributed by atoms with Crippen LogP contribution in [0.1, 0.15) is 10.4 Å². The van der Waals surface area contributed by atoms with E-state index in [1.807, 2.05) is 0 Å². The first-order valence-corrected chi connectivity index (χ1v) is 5.61. The molecule has 18 heavy (non-hydrogen) atoms. The number of nitrogens with zero attached hydrogens (tertiary/aromatic N) is 1. The lowest BCUT2D eigenvalue weighted by Crippen LogP contribution is -2.06. The minimum atomic E-state index is -1.12. The van der Waals surface area contributed by atoms with Crippen LogP contribution >= 0.6 is 15.9 Å². The summed E-state index contributed by atoms with van der Waals surface area (Å²) in [5, 5.41) is 9.01. The first-order chi connectivity index (χ1) is 8.56. The van der Waals surface area contributed by atoms with Crippen LogP contribution in [0, 0.1) is 0 Å². The van der Waals surface area contributed by atoms with Gasteiger partial charge in [-0.2, -0.15) is 0 Å². The Bertz CT molecular complexity index is 653. The fourth-order valence-corrected chi connectivity index (χ4v) is 1.62. The Morgan fingerprint density at radius 3 is 2.83 bits per heavy atom. The Morgan fingerprint density at radius 2 is 2.17 bits per heavy atom. The number of ether oxygens (including phenoxy) is 1. The standard InChI is InChI=1S/C11H7BrN2O4/c12-6-1-2-7(11(16)17)8(3-6)18-10-4-9(15)13-5-14-10/h1-5H,(H,16,17)(H,13,14,15). The van der Waals surface area contributed by atoms with Crippen LogP contribution in [-0.4, -0.2) is 21.0 Å². The maximum absolute atomic E-state index is 11.1. The average molecular weight is 311 g/mol. The van der Waals surface area contributed by atoms with Crippen LogP contribution in [0.2, 0.25) is 0 Å². The smallest absolute Gasteiger partial charge is 0.339 e. The Morgan fingerprint density at radius 1 is 1.39 bits per heavy atom. The molecule has 0 unspecified atom stereocenters. The zero-order valence-electron chi connectivity index (χ0n) is 8.88. The van der Waals surface area contributed by atoms with Crippen LogP contribution in [0.25, 0.3) is 0 Å². The van der Waals surface area contributed by atoms with Gasteiger partial charge in [0.05, 0.1) is 12.4 Å². The zero-order chi connectivity index (χ0) is 13.1. The number of carbonyl (C=O) groups is 1. The van der Waals surface area contributed by atoms with Gasteiger partial charge in [0.25, 0.3) is 5.56 Å². The van der Waals surface area contributed by atoms with Gasteiger partial charge in [0.15, 0.2) is 0 Å². The van der Waals surface area contributed by atoms with Gasteiger partial charge in [-0.05, 0) is 18.2 Å². The summed E-state index contributed by atoms with van der Waals surface area (Å²) in [6, 6.07) is 5.61. The molecule has 0 radical (unpaired) electrons. The van der Waals surface area contributed by atoms with Gasteiger partial charge in [0, 0.05) is 4.47 Å². The zero-order valence-corrected chi connectivity index (χ0v) is 10.5. The van der Waals surface area contributed by atoms with E-state index in [4.69, 9.17) is 9.84 Å². The molecule has 2 rings (SSSR count). The fraction of sp³-hybridized carbons (Fsp3) is 0. The van der Waals surface area contributed by atoms with Crippen molar-refractivity contribution in [3.05, 3.63) is 51.0 Å². The Labute approximate surface area is 109 Å². The van der Waals surface area contributed by atoms with Gasteiger partial charge in [-0.3, -0.25) is 4.79 Å². The van der Waals surface area contributed by atoms with Gasteiger partial charge < -0.3 is 14.8 Å². The van der Waals surface area contributed by atoms with Crippen LogP contribution in [-0.2, 0) is 0 Å². The van der Waals surface area contributed by atoms with E-state index in [1.54, 1.807) is 6.07 Å². The molecule has 0 atom stereocenters. The van der Waals surface area contributed by atoms with Crippen molar-refractivity contribution < 1.29 is 14.6 Å². The highest BCUT2D eigenvalue weighted by Crippen LogP contribution is 2.27. The first kappa shape index (κ1) is 12.3. The van der Waals surface area contributed by atoms with Crippen molar-refractivity contribution in [2.45, 2.75) is 0 Å². The number of hydrogen-bond acceptors (Lipinski definition) is 4. The summed E-state index contributed by atoms with van der Waals surface area (Å²) in [6.07, 6.45) is 1.18. The van der Waals surface area contributed by atoms with Crippen molar-refractivity contribution >= 4 is 21.9 Å². The van der Waals surface area contributed by atoms with E-state index in [0.717, 1.165) is 6.07 Å². The summed E-state index contributed by atoms with van der Waals surface area (Å²) in [6.45, 7) is 0. The second-order valence-corrected chi connectivity index (χ2v) is 4.21. The largest absolute Gasteiger partial charge is 0.478 e. The topological polar surface area (TPSA) is 92.3 Å². The van der Waals surface area contributed by atoms with Gasteiger partial charge >= 0.3 is 5.97 Å². The minimum Gasteiger partial charge on any atom is -0.478 e. The molecule has 0 spiro atoms. The molecular weight excluding hydrogens is 304 g/mol. The number of carboxylic acid groups (broad SMARTS) is 1. The highest BCUT2D eigenvalue weighted by Gasteiger charge is 2.13. The van der Waals surface area contributed by atoms with Gasteiger partial charge in [0.2, 0.25) is 5.88 Å². The van der Waals surface area contributed by atoms with Crippen LogP contribution in [0.4, 0.5) is 0 Å². The van der Waals surface area contributed by atoms with E-state index in [0.29, 0.717) is 4.47 Å². The van der Waals surface area contributed by atoms with Crippen molar-refractivity contribution in [3.8, 4) is 11.6 Å². The monoisotopic (exact) mass is 310 g/mol. The van der Waals surface area contributed by atoms with Crippen LogP contribution < -0.4 is 10.3 Å². The maximum Gasteiger partial charge on any atom is 0.339 e. The summed E-state index contributed by atoms with van der Waals surface area (Å²) in [5.74, 6) is -0.989. The Hall–Kier alpha value is -2.15. The summed E-state index contributed by atoms with van der Waals surface area (Å²) in [7, 11) is 0. The number of carboxylic acids is 1. The van der Waals surface area contributed by atoms with Crippen molar-refractivity contribution in [1.82, 2.24) is 9.97 Å². The second kappa shape index (κ2) is 5.01. The molecule has 0 bridgehead atoms. The lowest BCUT2D eigenvalue weighted by molar-refractivity contribution is 0.0694. The molecule has 7 heteroatoms. The number of hydrogen-bond donors (Lipinski definition) is 2. The van der Waals surface area contributed by atoms with E-state index in [2.05, 4.69) is 25.9 Å². The first-order valence-electron chi connectivity index (χ1n) is 4.81. The Kier molecular flexibility index (Phi) is 3.42. The van der Waals surface area contributed by atoms with Gasteiger partial charge in [-0.15, -0.1) is 0 Å². The third-order valence-corrected chi connectivity index (χ3v) is 2.54. The predicted octanol–water partition coefficient (Wildman–Crippen LogP) is 2.02. The summed E-state index contributed by atoms with van der Waals surface area (Å²) in [5.41, 5.74) is -0.396. The van der Waals surface area contributed by atoms with Gasteiger partial charge in [-0.1, -0.05) is 15.9 Å². The normalized spacial score (nSPS) is 10.1. The highest BCUT2D eigenvalue weighted by atomic mass is 79.9. The summed E-state index contributed by atoms with van der Waals surface area (Å²) >= 11 is 3.21. The molecule has 2 N–H and O–H groups in total. The van der Waals surface area contributed by atoms with E-state index in [1.165, 1.54) is 18.5 Å². The molecular formula is C11H7BrN2O4. The molecule has 0 saturated heterocycles. The fourth-order valence-electron chi connectivity index (χ4n) is 1.28. The molecule has 1 heterocycles. The van der Waals surface area contributed by atoms with Crippen LogP contribution in [0.5, 0.6) is 11.6 Å². The Balaban J connectivity index is 2.42. The summed E-state index contributed by atoms with van der Waals surface area (Å²) in [4.78, 5) is 28.2.